The summed E-state index contributed by atoms with van der Waals surface area (Å²) in [5.74, 6) is -0.806. The average Bonchev–Trinajstić information content (AvgIpc) is 3.12. The molecule has 8 heteroatoms. The van der Waals surface area contributed by atoms with Crippen molar-refractivity contribution in [2.24, 2.45) is 0 Å². The maximum Gasteiger partial charge on any atom is 0.164 e. The first kappa shape index (κ1) is 14.6. The molecule has 1 aromatic carbocycles. The highest BCUT2D eigenvalue weighted by Crippen LogP contribution is 2.39. The molecule has 0 aliphatic heterocycles. The van der Waals surface area contributed by atoms with Crippen molar-refractivity contribution in [1.82, 2.24) is 19.6 Å². The molecule has 0 saturated carbocycles. The lowest BCUT2D eigenvalue weighted by Gasteiger charge is -2.11. The van der Waals surface area contributed by atoms with Crippen molar-refractivity contribution in [1.29, 1.82) is 0 Å². The Balaban J connectivity index is 2.08. The Bertz CT molecular complexity index is 1130. The molecular formula is C16H11ClFN5O. The summed E-state index contributed by atoms with van der Waals surface area (Å²) < 4.78 is 16.4. The minimum absolute atomic E-state index is 0.0933. The molecule has 4 aromatic rings. The van der Waals surface area contributed by atoms with Gasteiger partial charge in [-0.25, -0.2) is 9.37 Å². The summed E-state index contributed by atoms with van der Waals surface area (Å²) in [6.45, 7) is 1.29. The zero-order chi connectivity index (χ0) is 17.0. The molecule has 0 saturated heterocycles. The van der Waals surface area contributed by atoms with Crippen LogP contribution in [0.2, 0.25) is 5.02 Å². The lowest BCUT2D eigenvalue weighted by atomic mass is 9.98. The third-order valence-electron chi connectivity index (χ3n) is 3.90. The molecular weight excluding hydrogens is 333 g/mol. The molecule has 6 nitrogen and oxygen atoms in total. The van der Waals surface area contributed by atoms with E-state index in [1.54, 1.807) is 28.9 Å². The number of aromatic amines is 1. The van der Waals surface area contributed by atoms with Gasteiger partial charge in [-0.1, -0.05) is 11.6 Å². The number of carbonyl (C=O) groups is 1. The third kappa shape index (κ3) is 1.98. The fourth-order valence-corrected chi connectivity index (χ4v) is 3.19. The lowest BCUT2D eigenvalue weighted by Crippen LogP contribution is -2.01. The smallest absolute Gasteiger partial charge is 0.164 e. The monoisotopic (exact) mass is 343 g/mol. The number of halogens is 2. The first-order valence-corrected chi connectivity index (χ1v) is 7.44. The van der Waals surface area contributed by atoms with Crippen LogP contribution in [0, 0.1) is 5.82 Å². The minimum atomic E-state index is -0.763. The summed E-state index contributed by atoms with van der Waals surface area (Å²) >= 11 is 6.25. The second-order valence-corrected chi connectivity index (χ2v) is 5.82. The van der Waals surface area contributed by atoms with E-state index in [4.69, 9.17) is 17.3 Å². The fraction of sp³-hybridized carbons (Fsp3) is 0.0625. The number of ketones is 1. The van der Waals surface area contributed by atoms with Gasteiger partial charge >= 0.3 is 0 Å². The van der Waals surface area contributed by atoms with Gasteiger partial charge in [0.15, 0.2) is 11.6 Å². The van der Waals surface area contributed by atoms with Gasteiger partial charge in [0.25, 0.3) is 0 Å². The van der Waals surface area contributed by atoms with E-state index in [0.29, 0.717) is 33.5 Å². The minimum Gasteiger partial charge on any atom is -0.382 e. The highest BCUT2D eigenvalue weighted by Gasteiger charge is 2.23. The molecule has 24 heavy (non-hydrogen) atoms. The number of hydrogen-bond donors (Lipinski definition) is 2. The van der Waals surface area contributed by atoms with Crippen LogP contribution < -0.4 is 5.73 Å². The molecule has 0 bridgehead atoms. The van der Waals surface area contributed by atoms with E-state index in [-0.39, 0.29) is 10.6 Å². The fourth-order valence-electron chi connectivity index (χ4n) is 2.89. The van der Waals surface area contributed by atoms with Gasteiger partial charge in [-0.3, -0.25) is 9.89 Å². The topological polar surface area (TPSA) is 89.1 Å². The number of anilines is 1. The van der Waals surface area contributed by atoms with Crippen molar-refractivity contribution in [2.45, 2.75) is 6.92 Å². The molecule has 3 heterocycles. The van der Waals surface area contributed by atoms with Crippen molar-refractivity contribution < 1.29 is 9.18 Å². The Morgan fingerprint density at radius 1 is 1.38 bits per heavy atom. The van der Waals surface area contributed by atoms with E-state index >= 15 is 0 Å². The number of carbonyl (C=O) groups excluding carboxylic acids is 1. The summed E-state index contributed by atoms with van der Waals surface area (Å²) in [5.41, 5.74) is 7.70. The van der Waals surface area contributed by atoms with E-state index in [1.165, 1.54) is 13.1 Å². The highest BCUT2D eigenvalue weighted by atomic mass is 35.5. The molecule has 0 unspecified atom stereocenters. The van der Waals surface area contributed by atoms with Crippen LogP contribution in [0.15, 0.2) is 30.7 Å². The van der Waals surface area contributed by atoms with Crippen molar-refractivity contribution in [3.8, 4) is 11.1 Å². The number of rotatable bonds is 2. The summed E-state index contributed by atoms with van der Waals surface area (Å²) in [4.78, 5) is 15.9. The SMILES string of the molecule is CC(=O)c1c(F)c(Cl)c(-c2ccc3nc(N)cn3c2)c2cn[nH]c12. The van der Waals surface area contributed by atoms with Crippen molar-refractivity contribution in [3.05, 3.63) is 47.1 Å². The number of nitrogens with zero attached hydrogens (tertiary/aromatic N) is 3. The van der Waals surface area contributed by atoms with E-state index in [9.17, 15) is 9.18 Å². The first-order valence-electron chi connectivity index (χ1n) is 7.07. The molecule has 0 spiro atoms. The molecule has 0 aliphatic rings. The molecule has 120 valence electrons. The Hall–Kier alpha value is -2.93. The number of nitrogen functional groups attached to an aromatic ring is 1. The van der Waals surface area contributed by atoms with Crippen LogP contribution >= 0.6 is 11.6 Å². The normalized spacial score (nSPS) is 11.5. The number of fused-ring (bicyclic) bond motifs is 2. The summed E-state index contributed by atoms with van der Waals surface area (Å²) in [5, 5.41) is 7.06. The summed E-state index contributed by atoms with van der Waals surface area (Å²) in [6, 6.07) is 3.52. The number of Topliss-reactive ketones (excluding diaryl/α,β-unsaturated/α-hetero) is 1. The Kier molecular flexibility index (Phi) is 3.07. The predicted molar refractivity (Wildman–Crippen MR) is 89.7 cm³/mol. The van der Waals surface area contributed by atoms with Crippen LogP contribution in [0.25, 0.3) is 27.7 Å². The number of aromatic nitrogens is 4. The molecule has 3 aromatic heterocycles. The van der Waals surface area contributed by atoms with Crippen LogP contribution in [-0.4, -0.2) is 25.4 Å². The van der Waals surface area contributed by atoms with Gasteiger partial charge in [0.05, 0.1) is 28.5 Å². The maximum absolute atomic E-state index is 14.7. The van der Waals surface area contributed by atoms with Crippen molar-refractivity contribution in [3.63, 3.8) is 0 Å². The highest BCUT2D eigenvalue weighted by molar-refractivity contribution is 6.36. The second-order valence-electron chi connectivity index (χ2n) is 5.44. The number of benzene rings is 1. The summed E-state index contributed by atoms with van der Waals surface area (Å²) in [6.07, 6.45) is 4.92. The number of H-pyrrole nitrogens is 1. The molecule has 3 N–H and O–H groups in total. The van der Waals surface area contributed by atoms with Crippen LogP contribution in [0.4, 0.5) is 10.2 Å². The van der Waals surface area contributed by atoms with Crippen molar-refractivity contribution in [2.75, 3.05) is 5.73 Å². The molecule has 0 fully saturated rings. The lowest BCUT2D eigenvalue weighted by molar-refractivity contribution is 0.101. The van der Waals surface area contributed by atoms with Gasteiger partial charge in [-0.2, -0.15) is 5.10 Å². The van der Waals surface area contributed by atoms with Crippen LogP contribution in [0.5, 0.6) is 0 Å². The number of pyridine rings is 1. The van der Waals surface area contributed by atoms with Crippen LogP contribution in [-0.2, 0) is 0 Å². The van der Waals surface area contributed by atoms with E-state index in [0.717, 1.165) is 0 Å². The van der Waals surface area contributed by atoms with Gasteiger partial charge < -0.3 is 10.1 Å². The average molecular weight is 344 g/mol. The predicted octanol–water partition coefficient (Wildman–Crippen LogP) is 3.45. The molecule has 0 atom stereocenters. The van der Waals surface area contributed by atoms with Crippen LogP contribution in [0.3, 0.4) is 0 Å². The second kappa shape index (κ2) is 5.04. The summed E-state index contributed by atoms with van der Waals surface area (Å²) in [7, 11) is 0. The molecule has 0 amide bonds. The largest absolute Gasteiger partial charge is 0.382 e. The van der Waals surface area contributed by atoms with Crippen molar-refractivity contribution >= 4 is 39.8 Å². The van der Waals surface area contributed by atoms with E-state index < -0.39 is 11.6 Å². The zero-order valence-electron chi connectivity index (χ0n) is 12.5. The Labute approximate surface area is 140 Å². The Morgan fingerprint density at radius 3 is 2.92 bits per heavy atom. The van der Waals surface area contributed by atoms with E-state index in [1.807, 2.05) is 0 Å². The van der Waals surface area contributed by atoms with Gasteiger partial charge in [-0.05, 0) is 19.1 Å². The zero-order valence-corrected chi connectivity index (χ0v) is 13.2. The third-order valence-corrected chi connectivity index (χ3v) is 4.26. The van der Waals surface area contributed by atoms with Crippen LogP contribution in [0.1, 0.15) is 17.3 Å². The van der Waals surface area contributed by atoms with Gasteiger partial charge in [0, 0.05) is 22.7 Å². The maximum atomic E-state index is 14.7. The van der Waals surface area contributed by atoms with Gasteiger partial charge in [0.2, 0.25) is 0 Å². The van der Waals surface area contributed by atoms with E-state index in [2.05, 4.69) is 15.2 Å². The quantitative estimate of drug-likeness (QED) is 0.545. The van der Waals surface area contributed by atoms with Gasteiger partial charge in [0.1, 0.15) is 11.5 Å². The molecule has 0 aliphatic carbocycles. The first-order chi connectivity index (χ1) is 11.5. The number of hydrogen-bond acceptors (Lipinski definition) is 4. The molecule has 0 radical (unpaired) electrons. The number of imidazole rings is 1. The number of nitrogens with one attached hydrogen (secondary N) is 1. The van der Waals surface area contributed by atoms with Gasteiger partial charge in [-0.15, -0.1) is 0 Å². The molecule has 4 rings (SSSR count). The standard InChI is InChI=1S/C16H11ClFN5O/c1-7(24)12-15(18)14(17)13(9-4-20-22-16(9)12)8-2-3-11-21-10(19)6-23(11)5-8/h2-6H,19H2,1H3,(H,20,22). The number of nitrogens with two attached hydrogens (primary N) is 1. The Morgan fingerprint density at radius 2 is 2.17 bits per heavy atom.